The Hall–Kier alpha value is -1.98. The molecule has 2 aromatic rings. The van der Waals surface area contributed by atoms with Crippen LogP contribution in [0.1, 0.15) is 25.2 Å². The number of fused-ring (bicyclic) bond motifs is 1. The molecule has 0 fully saturated rings. The van der Waals surface area contributed by atoms with Crippen LogP contribution in [0.5, 0.6) is 0 Å². The SMILES string of the molecule is CCC(C(=O)O)n1c(C)nc2cc(F)c(F)cc21. The van der Waals surface area contributed by atoms with Crippen LogP contribution in [-0.4, -0.2) is 20.6 Å². The first-order chi connectivity index (χ1) is 8.45. The van der Waals surface area contributed by atoms with Crippen LogP contribution in [0.2, 0.25) is 0 Å². The zero-order chi connectivity index (χ0) is 13.4. The number of carboxylic acid groups (broad SMARTS) is 1. The standard InChI is InChI=1S/C12H12F2N2O2/c1-3-10(12(17)18)16-6(2)15-9-4-7(13)8(14)5-11(9)16/h4-5,10H,3H2,1-2H3,(H,17,18). The van der Waals surface area contributed by atoms with Crippen molar-refractivity contribution in [3.63, 3.8) is 0 Å². The van der Waals surface area contributed by atoms with Gasteiger partial charge in [0.2, 0.25) is 0 Å². The van der Waals surface area contributed by atoms with E-state index in [0.29, 0.717) is 17.8 Å². The summed E-state index contributed by atoms with van der Waals surface area (Å²) in [5, 5.41) is 9.14. The average molecular weight is 254 g/mol. The molecule has 0 aliphatic heterocycles. The Bertz CT molecular complexity index is 622. The van der Waals surface area contributed by atoms with E-state index in [1.54, 1.807) is 13.8 Å². The summed E-state index contributed by atoms with van der Waals surface area (Å²) in [5.41, 5.74) is 0.548. The summed E-state index contributed by atoms with van der Waals surface area (Å²) in [6.45, 7) is 3.32. The summed E-state index contributed by atoms with van der Waals surface area (Å²) >= 11 is 0. The fourth-order valence-electron chi connectivity index (χ4n) is 2.07. The normalized spacial score (nSPS) is 12.9. The third-order valence-corrected chi connectivity index (χ3v) is 2.89. The Labute approximate surface area is 102 Å². The van der Waals surface area contributed by atoms with Gasteiger partial charge in [-0.3, -0.25) is 0 Å². The number of hydrogen-bond acceptors (Lipinski definition) is 2. The monoisotopic (exact) mass is 254 g/mol. The van der Waals surface area contributed by atoms with Gasteiger partial charge >= 0.3 is 5.97 Å². The summed E-state index contributed by atoms with van der Waals surface area (Å²) < 4.78 is 27.8. The third-order valence-electron chi connectivity index (χ3n) is 2.89. The van der Waals surface area contributed by atoms with E-state index in [4.69, 9.17) is 5.11 Å². The van der Waals surface area contributed by atoms with Crippen molar-refractivity contribution in [1.29, 1.82) is 0 Å². The van der Waals surface area contributed by atoms with Crippen molar-refractivity contribution in [3.05, 3.63) is 29.6 Å². The zero-order valence-corrected chi connectivity index (χ0v) is 9.94. The molecular formula is C12H12F2N2O2. The van der Waals surface area contributed by atoms with Gasteiger partial charge in [0, 0.05) is 12.1 Å². The molecule has 1 aromatic carbocycles. The molecule has 2 rings (SSSR count). The molecule has 4 nitrogen and oxygen atoms in total. The molecule has 0 radical (unpaired) electrons. The molecule has 1 atom stereocenters. The summed E-state index contributed by atoms with van der Waals surface area (Å²) in [4.78, 5) is 15.2. The maximum absolute atomic E-state index is 13.2. The van der Waals surface area contributed by atoms with E-state index in [1.165, 1.54) is 4.57 Å². The highest BCUT2D eigenvalue weighted by molar-refractivity contribution is 5.80. The third kappa shape index (κ3) is 1.83. The zero-order valence-electron chi connectivity index (χ0n) is 9.94. The molecule has 1 unspecified atom stereocenters. The number of benzene rings is 1. The first-order valence-electron chi connectivity index (χ1n) is 5.52. The number of halogens is 2. The predicted octanol–water partition coefficient (Wildman–Crippen LogP) is 2.66. The minimum atomic E-state index is -1.02. The molecule has 0 amide bonds. The van der Waals surface area contributed by atoms with Gasteiger partial charge in [0.15, 0.2) is 11.6 Å². The molecule has 1 aromatic heterocycles. The highest BCUT2D eigenvalue weighted by atomic mass is 19.2. The molecule has 1 heterocycles. The molecule has 0 saturated carbocycles. The second-order valence-electron chi connectivity index (χ2n) is 4.05. The molecule has 18 heavy (non-hydrogen) atoms. The quantitative estimate of drug-likeness (QED) is 0.916. The Morgan fingerprint density at radius 1 is 1.44 bits per heavy atom. The summed E-state index contributed by atoms with van der Waals surface area (Å²) in [7, 11) is 0. The van der Waals surface area contributed by atoms with E-state index in [2.05, 4.69) is 4.98 Å². The van der Waals surface area contributed by atoms with Crippen LogP contribution in [0.25, 0.3) is 11.0 Å². The van der Waals surface area contributed by atoms with Crippen molar-refractivity contribution >= 4 is 17.0 Å². The Balaban J connectivity index is 2.73. The number of aliphatic carboxylic acids is 1. The van der Waals surface area contributed by atoms with Crippen LogP contribution in [0.4, 0.5) is 8.78 Å². The van der Waals surface area contributed by atoms with E-state index < -0.39 is 23.6 Å². The minimum absolute atomic E-state index is 0.256. The van der Waals surface area contributed by atoms with Crippen molar-refractivity contribution < 1.29 is 18.7 Å². The first-order valence-corrected chi connectivity index (χ1v) is 5.52. The van der Waals surface area contributed by atoms with Crippen molar-refractivity contribution in [2.75, 3.05) is 0 Å². The predicted molar refractivity (Wildman–Crippen MR) is 61.3 cm³/mol. The van der Waals surface area contributed by atoms with Crippen LogP contribution in [0.3, 0.4) is 0 Å². The smallest absolute Gasteiger partial charge is 0.326 e. The molecule has 6 heteroatoms. The van der Waals surface area contributed by atoms with Crippen molar-refractivity contribution in [2.45, 2.75) is 26.3 Å². The summed E-state index contributed by atoms with van der Waals surface area (Å²) in [6.07, 6.45) is 0.334. The van der Waals surface area contributed by atoms with Crippen LogP contribution < -0.4 is 0 Å². The van der Waals surface area contributed by atoms with Crippen molar-refractivity contribution in [3.8, 4) is 0 Å². The lowest BCUT2D eigenvalue weighted by Crippen LogP contribution is -2.19. The van der Waals surface area contributed by atoms with Crippen molar-refractivity contribution in [1.82, 2.24) is 9.55 Å². The maximum Gasteiger partial charge on any atom is 0.326 e. The number of aromatic nitrogens is 2. The lowest BCUT2D eigenvalue weighted by molar-refractivity contribution is -0.140. The Morgan fingerprint density at radius 3 is 2.61 bits per heavy atom. The van der Waals surface area contributed by atoms with E-state index in [9.17, 15) is 13.6 Å². The number of carbonyl (C=O) groups is 1. The van der Waals surface area contributed by atoms with Crippen LogP contribution >= 0.6 is 0 Å². The van der Waals surface area contributed by atoms with Crippen LogP contribution in [0, 0.1) is 18.6 Å². The van der Waals surface area contributed by atoms with Gasteiger partial charge in [0.1, 0.15) is 11.9 Å². The molecule has 1 N–H and O–H groups in total. The molecule has 0 saturated heterocycles. The first kappa shape index (κ1) is 12.5. The largest absolute Gasteiger partial charge is 0.480 e. The van der Waals surface area contributed by atoms with Crippen molar-refractivity contribution in [2.24, 2.45) is 0 Å². The Kier molecular flexibility index (Phi) is 3.02. The van der Waals surface area contributed by atoms with Gasteiger partial charge in [-0.2, -0.15) is 0 Å². The van der Waals surface area contributed by atoms with Crippen LogP contribution in [-0.2, 0) is 4.79 Å². The summed E-state index contributed by atoms with van der Waals surface area (Å²) in [6, 6.07) is 1.12. The van der Waals surface area contributed by atoms with E-state index in [0.717, 1.165) is 12.1 Å². The highest BCUT2D eigenvalue weighted by Gasteiger charge is 2.22. The summed E-state index contributed by atoms with van der Waals surface area (Å²) in [5.74, 6) is -2.60. The van der Waals surface area contributed by atoms with Gasteiger partial charge < -0.3 is 9.67 Å². The minimum Gasteiger partial charge on any atom is -0.480 e. The van der Waals surface area contributed by atoms with Gasteiger partial charge in [-0.05, 0) is 13.3 Å². The second kappa shape index (κ2) is 4.36. The van der Waals surface area contributed by atoms with Gasteiger partial charge in [0.25, 0.3) is 0 Å². The maximum atomic E-state index is 13.2. The van der Waals surface area contributed by atoms with Gasteiger partial charge in [-0.15, -0.1) is 0 Å². The fraction of sp³-hybridized carbons (Fsp3) is 0.333. The second-order valence-corrected chi connectivity index (χ2v) is 4.05. The highest BCUT2D eigenvalue weighted by Crippen LogP contribution is 2.25. The van der Waals surface area contributed by atoms with E-state index >= 15 is 0 Å². The number of imidazole rings is 1. The number of nitrogens with zero attached hydrogens (tertiary/aromatic N) is 2. The topological polar surface area (TPSA) is 55.1 Å². The number of aryl methyl sites for hydroxylation is 1. The number of hydrogen-bond donors (Lipinski definition) is 1. The molecule has 0 spiro atoms. The fourth-order valence-corrected chi connectivity index (χ4v) is 2.07. The van der Waals surface area contributed by atoms with Crippen LogP contribution in [0.15, 0.2) is 12.1 Å². The van der Waals surface area contributed by atoms with Gasteiger partial charge in [-0.25, -0.2) is 18.6 Å². The lowest BCUT2D eigenvalue weighted by atomic mass is 10.2. The number of carboxylic acids is 1. The molecular weight excluding hydrogens is 242 g/mol. The van der Waals surface area contributed by atoms with E-state index in [1.807, 2.05) is 0 Å². The molecule has 0 bridgehead atoms. The molecule has 96 valence electrons. The van der Waals surface area contributed by atoms with Gasteiger partial charge in [-0.1, -0.05) is 6.92 Å². The van der Waals surface area contributed by atoms with Gasteiger partial charge in [0.05, 0.1) is 11.0 Å². The molecule has 0 aliphatic rings. The average Bonchev–Trinajstić information content (AvgIpc) is 2.57. The van der Waals surface area contributed by atoms with E-state index in [-0.39, 0.29) is 5.52 Å². The Morgan fingerprint density at radius 2 is 2.06 bits per heavy atom. The molecule has 0 aliphatic carbocycles. The number of rotatable bonds is 3. The lowest BCUT2D eigenvalue weighted by Gasteiger charge is -2.14.